The van der Waals surface area contributed by atoms with E-state index in [1.54, 1.807) is 11.3 Å². The van der Waals surface area contributed by atoms with Crippen molar-refractivity contribution in [3.05, 3.63) is 45.4 Å². The van der Waals surface area contributed by atoms with Gasteiger partial charge in [-0.25, -0.2) is 4.98 Å². The molecule has 0 N–H and O–H groups in total. The fraction of sp³-hybridized carbons (Fsp3) is 0.474. The van der Waals surface area contributed by atoms with Crippen molar-refractivity contribution in [2.45, 2.75) is 51.7 Å². The number of carbonyl (C=O) groups is 1. The summed E-state index contributed by atoms with van der Waals surface area (Å²) in [6, 6.07) is 6.32. The Balaban J connectivity index is 1.52. The summed E-state index contributed by atoms with van der Waals surface area (Å²) in [5.74, 6) is 0.986. The number of ether oxygens (including phenoxy) is 1. The molecule has 24 heavy (non-hydrogen) atoms. The van der Waals surface area contributed by atoms with Gasteiger partial charge >= 0.3 is 0 Å². The highest BCUT2D eigenvalue weighted by Gasteiger charge is 2.37. The normalized spacial score (nSPS) is 23.0. The minimum Gasteiger partial charge on any atom is -0.480 e. The van der Waals surface area contributed by atoms with E-state index < -0.39 is 0 Å². The molecule has 0 bridgehead atoms. The summed E-state index contributed by atoms with van der Waals surface area (Å²) in [7, 11) is 0. The topological polar surface area (TPSA) is 42.4 Å². The van der Waals surface area contributed by atoms with E-state index in [1.807, 2.05) is 24.0 Å². The van der Waals surface area contributed by atoms with Crippen LogP contribution in [0.25, 0.3) is 0 Å². The quantitative estimate of drug-likeness (QED) is 0.833. The van der Waals surface area contributed by atoms with E-state index in [4.69, 9.17) is 4.74 Å². The summed E-state index contributed by atoms with van der Waals surface area (Å²) in [5.41, 5.74) is 3.49. The second-order valence-electron chi connectivity index (χ2n) is 6.74. The molecule has 1 saturated heterocycles. The van der Waals surface area contributed by atoms with E-state index in [1.165, 1.54) is 11.1 Å². The molecule has 0 spiro atoms. The molecule has 0 saturated carbocycles. The lowest BCUT2D eigenvalue weighted by Crippen LogP contribution is -2.43. The van der Waals surface area contributed by atoms with Crippen LogP contribution in [0.15, 0.2) is 23.6 Å². The third kappa shape index (κ3) is 2.81. The first-order chi connectivity index (χ1) is 11.6. The maximum Gasteiger partial charge on any atom is 0.264 e. The lowest BCUT2D eigenvalue weighted by atomic mass is 9.99. The third-order valence-corrected chi connectivity index (χ3v) is 5.74. The maximum atomic E-state index is 13.0. The number of nitrogens with zero attached hydrogens (tertiary/aromatic N) is 2. The summed E-state index contributed by atoms with van der Waals surface area (Å²) < 4.78 is 6.04. The van der Waals surface area contributed by atoms with Crippen LogP contribution in [0.2, 0.25) is 0 Å². The number of thiazole rings is 1. The molecule has 1 aromatic heterocycles. The van der Waals surface area contributed by atoms with Crippen LogP contribution in [0, 0.1) is 13.8 Å². The molecular weight excluding hydrogens is 320 g/mol. The molecule has 4 nitrogen and oxygen atoms in total. The molecule has 1 amide bonds. The minimum atomic E-state index is -0.361. The number of likely N-dealkylation sites (tertiary alicyclic amines) is 1. The van der Waals surface area contributed by atoms with Gasteiger partial charge in [0.05, 0.1) is 16.7 Å². The van der Waals surface area contributed by atoms with Crippen molar-refractivity contribution in [1.82, 2.24) is 9.88 Å². The van der Waals surface area contributed by atoms with Gasteiger partial charge in [-0.15, -0.1) is 11.3 Å². The summed E-state index contributed by atoms with van der Waals surface area (Å²) in [6.45, 7) is 4.90. The molecule has 3 heterocycles. The molecule has 1 fully saturated rings. The van der Waals surface area contributed by atoms with Gasteiger partial charge in [0.25, 0.3) is 5.91 Å². The van der Waals surface area contributed by atoms with E-state index in [2.05, 4.69) is 23.4 Å². The second kappa shape index (κ2) is 6.20. The average molecular weight is 342 g/mol. The molecule has 5 heteroatoms. The molecule has 2 aliphatic heterocycles. The molecule has 1 aromatic carbocycles. The highest BCUT2D eigenvalue weighted by atomic mass is 32.1. The van der Waals surface area contributed by atoms with Crippen LogP contribution in [0.3, 0.4) is 0 Å². The lowest BCUT2D eigenvalue weighted by Gasteiger charge is -2.31. The number of benzene rings is 1. The van der Waals surface area contributed by atoms with Crippen molar-refractivity contribution in [2.75, 3.05) is 6.54 Å². The summed E-state index contributed by atoms with van der Waals surface area (Å²) in [4.78, 5) is 19.6. The Morgan fingerprint density at radius 1 is 1.33 bits per heavy atom. The van der Waals surface area contributed by atoms with Crippen LogP contribution in [0.5, 0.6) is 5.75 Å². The lowest BCUT2D eigenvalue weighted by molar-refractivity contribution is -0.140. The number of fused-ring (bicyclic) bond motifs is 1. The zero-order valence-electron chi connectivity index (χ0n) is 14.1. The monoisotopic (exact) mass is 342 g/mol. The number of hydrogen-bond acceptors (Lipinski definition) is 4. The van der Waals surface area contributed by atoms with Gasteiger partial charge in [-0.1, -0.05) is 17.7 Å². The van der Waals surface area contributed by atoms with Crippen molar-refractivity contribution in [1.29, 1.82) is 0 Å². The van der Waals surface area contributed by atoms with Crippen molar-refractivity contribution in [2.24, 2.45) is 0 Å². The van der Waals surface area contributed by atoms with Gasteiger partial charge in [0.2, 0.25) is 0 Å². The maximum absolute atomic E-state index is 13.0. The first-order valence-electron chi connectivity index (χ1n) is 8.60. The van der Waals surface area contributed by atoms with Crippen molar-refractivity contribution >= 4 is 17.2 Å². The summed E-state index contributed by atoms with van der Waals surface area (Å²) >= 11 is 1.65. The first-order valence-corrected chi connectivity index (χ1v) is 9.48. The van der Waals surface area contributed by atoms with Crippen LogP contribution < -0.4 is 4.74 Å². The van der Waals surface area contributed by atoms with Gasteiger partial charge in [0, 0.05) is 11.9 Å². The highest BCUT2D eigenvalue weighted by molar-refractivity contribution is 7.09. The fourth-order valence-electron chi connectivity index (χ4n) is 3.75. The van der Waals surface area contributed by atoms with Crippen LogP contribution in [-0.2, 0) is 11.2 Å². The van der Waals surface area contributed by atoms with E-state index >= 15 is 0 Å². The molecule has 0 aliphatic carbocycles. The first kappa shape index (κ1) is 15.6. The van der Waals surface area contributed by atoms with Crippen molar-refractivity contribution in [3.8, 4) is 5.75 Å². The predicted octanol–water partition coefficient (Wildman–Crippen LogP) is 3.82. The minimum absolute atomic E-state index is 0.116. The molecule has 2 aromatic rings. The Morgan fingerprint density at radius 3 is 3.00 bits per heavy atom. The van der Waals surface area contributed by atoms with Gasteiger partial charge in [0.15, 0.2) is 6.10 Å². The standard InChI is InChI=1S/C19H22N2O2S/c1-12-5-7-17-14(10-12)6-8-18(23-17)19(22)21-9-3-4-16(21)15-11-24-13(2)20-15/h5,7,10-11,16,18H,3-4,6,8-9H2,1-2H3/t16-,18-/m0/s1. The Morgan fingerprint density at radius 2 is 2.21 bits per heavy atom. The zero-order chi connectivity index (χ0) is 16.7. The molecule has 0 radical (unpaired) electrons. The van der Waals surface area contributed by atoms with E-state index in [0.29, 0.717) is 0 Å². The van der Waals surface area contributed by atoms with Gasteiger partial charge in [-0.05, 0) is 51.2 Å². The van der Waals surface area contributed by atoms with Crippen LogP contribution in [0.1, 0.15) is 47.1 Å². The van der Waals surface area contributed by atoms with E-state index in [-0.39, 0.29) is 18.1 Å². The van der Waals surface area contributed by atoms with E-state index in [0.717, 1.165) is 48.7 Å². The molecular formula is C19H22N2O2S. The average Bonchev–Trinajstić information content (AvgIpc) is 3.22. The fourth-order valence-corrected chi connectivity index (χ4v) is 4.41. The largest absolute Gasteiger partial charge is 0.480 e. The van der Waals surface area contributed by atoms with Crippen LogP contribution in [-0.4, -0.2) is 28.4 Å². The van der Waals surface area contributed by atoms with Gasteiger partial charge in [0.1, 0.15) is 5.75 Å². The van der Waals surface area contributed by atoms with Gasteiger partial charge in [-0.2, -0.15) is 0 Å². The Labute approximate surface area is 146 Å². The number of rotatable bonds is 2. The Kier molecular flexibility index (Phi) is 4.04. The summed E-state index contributed by atoms with van der Waals surface area (Å²) in [6.07, 6.45) is 3.34. The van der Waals surface area contributed by atoms with Gasteiger partial charge in [-0.3, -0.25) is 4.79 Å². The molecule has 4 rings (SSSR count). The number of carbonyl (C=O) groups excluding carboxylic acids is 1. The number of aryl methyl sites for hydroxylation is 3. The molecule has 2 atom stereocenters. The Bertz CT molecular complexity index is 770. The van der Waals surface area contributed by atoms with Crippen LogP contribution in [0.4, 0.5) is 0 Å². The summed E-state index contributed by atoms with van der Waals surface area (Å²) in [5, 5.41) is 3.15. The Hall–Kier alpha value is -1.88. The zero-order valence-corrected chi connectivity index (χ0v) is 14.9. The van der Waals surface area contributed by atoms with Gasteiger partial charge < -0.3 is 9.64 Å². The number of aromatic nitrogens is 1. The highest BCUT2D eigenvalue weighted by Crippen LogP contribution is 2.35. The predicted molar refractivity (Wildman–Crippen MR) is 94.5 cm³/mol. The van der Waals surface area contributed by atoms with Crippen molar-refractivity contribution < 1.29 is 9.53 Å². The smallest absolute Gasteiger partial charge is 0.264 e. The SMILES string of the molecule is Cc1ccc2c(c1)CC[C@@H](C(=O)N1CCC[C@H]1c1csc(C)n1)O2. The van der Waals surface area contributed by atoms with Crippen LogP contribution >= 0.6 is 11.3 Å². The molecule has 0 unspecified atom stereocenters. The van der Waals surface area contributed by atoms with Crippen molar-refractivity contribution in [3.63, 3.8) is 0 Å². The number of amides is 1. The van der Waals surface area contributed by atoms with E-state index in [9.17, 15) is 4.79 Å². The number of hydrogen-bond donors (Lipinski definition) is 0. The third-order valence-electron chi connectivity index (χ3n) is 4.95. The molecule has 2 aliphatic rings. The second-order valence-corrected chi connectivity index (χ2v) is 7.80. The molecule has 126 valence electrons.